The number of carbonyl (C=O) groups is 1. The van der Waals surface area contributed by atoms with Crippen molar-refractivity contribution < 1.29 is 4.79 Å². The zero-order chi connectivity index (χ0) is 23.5. The van der Waals surface area contributed by atoms with Crippen molar-refractivity contribution in [2.24, 2.45) is 0 Å². The molecule has 2 aromatic carbocycles. The molecule has 4 rings (SSSR count). The predicted octanol–water partition coefficient (Wildman–Crippen LogP) is 5.79. The van der Waals surface area contributed by atoms with Gasteiger partial charge >= 0.3 is 0 Å². The van der Waals surface area contributed by atoms with Gasteiger partial charge in [0.1, 0.15) is 5.56 Å². The zero-order valence-corrected chi connectivity index (χ0v) is 19.5. The van der Waals surface area contributed by atoms with Crippen LogP contribution in [0.1, 0.15) is 32.7 Å². The molecule has 2 heterocycles. The molecule has 4 aromatic rings. The number of aromatic nitrogens is 2. The Morgan fingerprint density at radius 2 is 1.73 bits per heavy atom. The van der Waals surface area contributed by atoms with Crippen LogP contribution in [0.25, 0.3) is 11.3 Å². The van der Waals surface area contributed by atoms with Gasteiger partial charge in [0, 0.05) is 47.0 Å². The highest BCUT2D eigenvalue weighted by Crippen LogP contribution is 2.28. The molecule has 2 aromatic heterocycles. The molecule has 166 valence electrons. The number of amides is 1. The van der Waals surface area contributed by atoms with Crippen LogP contribution in [-0.4, -0.2) is 15.5 Å². The van der Waals surface area contributed by atoms with Crippen molar-refractivity contribution >= 4 is 23.2 Å². The maximum atomic E-state index is 13.5. The summed E-state index contributed by atoms with van der Waals surface area (Å²) < 4.78 is 1.97. The molecule has 0 fully saturated rings. The normalized spacial score (nSPS) is 10.8. The van der Waals surface area contributed by atoms with Crippen molar-refractivity contribution in [2.45, 2.75) is 27.3 Å². The lowest BCUT2D eigenvalue weighted by Gasteiger charge is -2.21. The standard InChI is InChI=1S/C27H24ClN3O2/c1-17-6-4-9-23(19(17)3)30-27(33)25-24(32)14-18(2)31(16-20-10-12-29-13-11-20)26(25)21-7-5-8-22(28)15-21/h4-15H,16H2,1-3H3,(H,30,33). The lowest BCUT2D eigenvalue weighted by atomic mass is 10.0. The SMILES string of the molecule is Cc1cccc(NC(=O)c2c(-c3cccc(Cl)c3)n(Cc3ccncc3)c(C)cc2=O)c1C. The molecule has 6 heteroatoms. The molecule has 0 saturated heterocycles. The fourth-order valence-corrected chi connectivity index (χ4v) is 4.06. The lowest BCUT2D eigenvalue weighted by molar-refractivity contribution is 0.102. The van der Waals surface area contributed by atoms with Gasteiger partial charge in [-0.1, -0.05) is 35.9 Å². The number of nitrogens with one attached hydrogen (secondary N) is 1. The van der Waals surface area contributed by atoms with Crippen LogP contribution in [0.4, 0.5) is 5.69 Å². The van der Waals surface area contributed by atoms with Crippen molar-refractivity contribution in [1.82, 2.24) is 9.55 Å². The van der Waals surface area contributed by atoms with Crippen LogP contribution in [0.2, 0.25) is 5.02 Å². The average Bonchev–Trinajstić information content (AvgIpc) is 2.79. The number of rotatable bonds is 5. The summed E-state index contributed by atoms with van der Waals surface area (Å²) in [5, 5.41) is 3.47. The first-order chi connectivity index (χ1) is 15.8. The summed E-state index contributed by atoms with van der Waals surface area (Å²) in [6.45, 7) is 6.26. The highest BCUT2D eigenvalue weighted by atomic mass is 35.5. The van der Waals surface area contributed by atoms with Crippen LogP contribution in [-0.2, 0) is 6.54 Å². The summed E-state index contributed by atoms with van der Waals surface area (Å²) in [5.74, 6) is -0.452. The molecule has 0 bridgehead atoms. The highest BCUT2D eigenvalue weighted by molar-refractivity contribution is 6.30. The van der Waals surface area contributed by atoms with Crippen LogP contribution in [0.15, 0.2) is 77.9 Å². The summed E-state index contributed by atoms with van der Waals surface area (Å²) in [5.41, 5.74) is 5.41. The largest absolute Gasteiger partial charge is 0.340 e. The molecule has 0 aliphatic heterocycles. The molecule has 33 heavy (non-hydrogen) atoms. The zero-order valence-electron chi connectivity index (χ0n) is 18.7. The van der Waals surface area contributed by atoms with Gasteiger partial charge in [-0.15, -0.1) is 0 Å². The maximum Gasteiger partial charge on any atom is 0.261 e. The number of anilines is 1. The summed E-state index contributed by atoms with van der Waals surface area (Å²) in [6.07, 6.45) is 3.45. The van der Waals surface area contributed by atoms with Gasteiger partial charge in [0.25, 0.3) is 5.91 Å². The fraction of sp³-hybridized carbons (Fsp3) is 0.148. The van der Waals surface area contributed by atoms with E-state index in [-0.39, 0.29) is 11.0 Å². The molecule has 1 amide bonds. The first-order valence-electron chi connectivity index (χ1n) is 10.6. The van der Waals surface area contributed by atoms with Crippen LogP contribution >= 0.6 is 11.6 Å². The Bertz CT molecular complexity index is 1390. The number of pyridine rings is 2. The van der Waals surface area contributed by atoms with Gasteiger partial charge in [0.2, 0.25) is 0 Å². The number of hydrogen-bond donors (Lipinski definition) is 1. The summed E-state index contributed by atoms with van der Waals surface area (Å²) >= 11 is 6.29. The minimum absolute atomic E-state index is 0.0813. The molecule has 0 atom stereocenters. The molecule has 0 aliphatic carbocycles. The van der Waals surface area contributed by atoms with E-state index in [1.54, 1.807) is 24.5 Å². The Balaban J connectivity index is 1.92. The Morgan fingerprint density at radius 1 is 1.00 bits per heavy atom. The van der Waals surface area contributed by atoms with E-state index in [0.29, 0.717) is 28.5 Å². The van der Waals surface area contributed by atoms with Crippen molar-refractivity contribution in [3.05, 3.63) is 116 Å². The second-order valence-electron chi connectivity index (χ2n) is 8.03. The topological polar surface area (TPSA) is 64.0 Å². The summed E-state index contributed by atoms with van der Waals surface area (Å²) in [6, 6.07) is 18.2. The number of benzene rings is 2. The number of halogens is 1. The van der Waals surface area contributed by atoms with Crippen LogP contribution in [0, 0.1) is 20.8 Å². The predicted molar refractivity (Wildman–Crippen MR) is 133 cm³/mol. The minimum atomic E-state index is -0.452. The molecule has 0 unspecified atom stereocenters. The number of hydrogen-bond acceptors (Lipinski definition) is 3. The first kappa shape index (κ1) is 22.5. The molecule has 0 saturated carbocycles. The number of aryl methyl sites for hydroxylation is 2. The van der Waals surface area contributed by atoms with Crippen molar-refractivity contribution in [3.63, 3.8) is 0 Å². The van der Waals surface area contributed by atoms with Gasteiger partial charge in [-0.25, -0.2) is 0 Å². The first-order valence-corrected chi connectivity index (χ1v) is 11.0. The van der Waals surface area contributed by atoms with Crippen LogP contribution in [0.5, 0.6) is 0 Å². The lowest BCUT2D eigenvalue weighted by Crippen LogP contribution is -2.27. The Morgan fingerprint density at radius 3 is 2.45 bits per heavy atom. The molecular formula is C27H24ClN3O2. The van der Waals surface area contributed by atoms with Crippen molar-refractivity contribution in [3.8, 4) is 11.3 Å². The molecule has 0 spiro atoms. The van der Waals surface area contributed by atoms with E-state index in [0.717, 1.165) is 22.4 Å². The van der Waals surface area contributed by atoms with Gasteiger partial charge in [-0.05, 0) is 67.8 Å². The van der Waals surface area contributed by atoms with Crippen LogP contribution in [0.3, 0.4) is 0 Å². The molecule has 1 N–H and O–H groups in total. The Hall–Kier alpha value is -3.70. The average molecular weight is 458 g/mol. The van der Waals surface area contributed by atoms with Gasteiger partial charge in [0.05, 0.1) is 5.69 Å². The quantitative estimate of drug-likeness (QED) is 0.412. The number of carbonyl (C=O) groups excluding carboxylic acids is 1. The third-order valence-corrected chi connectivity index (χ3v) is 6.02. The molecular weight excluding hydrogens is 434 g/mol. The molecule has 5 nitrogen and oxygen atoms in total. The minimum Gasteiger partial charge on any atom is -0.340 e. The van der Waals surface area contributed by atoms with Gasteiger partial charge < -0.3 is 9.88 Å². The highest BCUT2D eigenvalue weighted by Gasteiger charge is 2.23. The Kier molecular flexibility index (Phi) is 6.43. The summed E-state index contributed by atoms with van der Waals surface area (Å²) in [4.78, 5) is 30.8. The van der Waals surface area contributed by atoms with Crippen molar-refractivity contribution in [1.29, 1.82) is 0 Å². The smallest absolute Gasteiger partial charge is 0.261 e. The second-order valence-corrected chi connectivity index (χ2v) is 8.46. The van der Waals surface area contributed by atoms with E-state index in [2.05, 4.69) is 10.3 Å². The van der Waals surface area contributed by atoms with Crippen molar-refractivity contribution in [2.75, 3.05) is 5.32 Å². The van der Waals surface area contributed by atoms with E-state index in [1.165, 1.54) is 6.07 Å². The molecule has 0 aliphatic rings. The van der Waals surface area contributed by atoms with Gasteiger partial charge in [0.15, 0.2) is 5.43 Å². The van der Waals surface area contributed by atoms with E-state index in [1.807, 2.05) is 67.8 Å². The molecule has 0 radical (unpaired) electrons. The maximum absolute atomic E-state index is 13.5. The van der Waals surface area contributed by atoms with E-state index in [9.17, 15) is 9.59 Å². The second kappa shape index (κ2) is 9.43. The summed E-state index contributed by atoms with van der Waals surface area (Å²) in [7, 11) is 0. The Labute approximate surface area is 197 Å². The van der Waals surface area contributed by atoms with Gasteiger partial charge in [-0.2, -0.15) is 0 Å². The third kappa shape index (κ3) is 4.73. The van der Waals surface area contributed by atoms with Crippen LogP contribution < -0.4 is 10.7 Å². The fourth-order valence-electron chi connectivity index (χ4n) is 3.87. The monoisotopic (exact) mass is 457 g/mol. The van der Waals surface area contributed by atoms with E-state index >= 15 is 0 Å². The number of nitrogens with zero attached hydrogens (tertiary/aromatic N) is 2. The third-order valence-electron chi connectivity index (χ3n) is 5.79. The van der Waals surface area contributed by atoms with Gasteiger partial charge in [-0.3, -0.25) is 14.6 Å². The van der Waals surface area contributed by atoms with E-state index in [4.69, 9.17) is 11.6 Å². The van der Waals surface area contributed by atoms with E-state index < -0.39 is 5.91 Å².